The SMILES string of the molecule is Cc1cc(-c2cccc(C[C@H]3[C@@H](NS(=O)(=O)N(C)C)C(F)(F)CN3C(=O)C3(O)CCC3)c2F)ccc1Br. The Labute approximate surface area is 223 Å². The second kappa shape index (κ2) is 9.96. The van der Waals surface area contributed by atoms with Crippen molar-refractivity contribution in [2.45, 2.75) is 56.2 Å². The van der Waals surface area contributed by atoms with Crippen LogP contribution >= 0.6 is 15.9 Å². The molecule has 0 unspecified atom stereocenters. The molecule has 0 spiro atoms. The summed E-state index contributed by atoms with van der Waals surface area (Å²) in [5, 5.41) is 10.6. The maximum Gasteiger partial charge on any atom is 0.283 e. The predicted molar refractivity (Wildman–Crippen MR) is 137 cm³/mol. The lowest BCUT2D eigenvalue weighted by atomic mass is 9.79. The van der Waals surface area contributed by atoms with E-state index in [1.807, 2.05) is 11.6 Å². The van der Waals surface area contributed by atoms with Gasteiger partial charge in [0.15, 0.2) is 0 Å². The summed E-state index contributed by atoms with van der Waals surface area (Å²) in [6.45, 7) is 0.763. The van der Waals surface area contributed by atoms with Gasteiger partial charge in [-0.15, -0.1) is 0 Å². The van der Waals surface area contributed by atoms with Crippen molar-refractivity contribution in [1.29, 1.82) is 0 Å². The highest BCUT2D eigenvalue weighted by Crippen LogP contribution is 2.41. The second-order valence-corrected chi connectivity index (χ2v) is 12.7. The van der Waals surface area contributed by atoms with Crippen LogP contribution in [-0.4, -0.2) is 72.9 Å². The Hall–Kier alpha value is -1.99. The molecule has 0 radical (unpaired) electrons. The van der Waals surface area contributed by atoms with Gasteiger partial charge in [0.25, 0.3) is 22.0 Å². The molecule has 1 saturated carbocycles. The minimum absolute atomic E-state index is 0.0493. The molecule has 2 fully saturated rings. The highest BCUT2D eigenvalue weighted by molar-refractivity contribution is 9.10. The minimum atomic E-state index is -4.32. The summed E-state index contributed by atoms with van der Waals surface area (Å²) in [5.41, 5.74) is -0.0225. The van der Waals surface area contributed by atoms with Gasteiger partial charge >= 0.3 is 0 Å². The van der Waals surface area contributed by atoms with Crippen molar-refractivity contribution in [1.82, 2.24) is 13.9 Å². The molecule has 2 aromatic rings. The Morgan fingerprint density at radius 3 is 2.49 bits per heavy atom. The smallest absolute Gasteiger partial charge is 0.283 e. The molecule has 2 N–H and O–H groups in total. The number of rotatable bonds is 7. The molecule has 1 saturated heterocycles. The van der Waals surface area contributed by atoms with Crippen molar-refractivity contribution in [2.75, 3.05) is 20.6 Å². The number of halogens is 4. The van der Waals surface area contributed by atoms with Gasteiger partial charge in [0.1, 0.15) is 17.5 Å². The van der Waals surface area contributed by atoms with Gasteiger partial charge in [-0.1, -0.05) is 46.3 Å². The summed E-state index contributed by atoms with van der Waals surface area (Å²) in [5.74, 6) is -5.20. The van der Waals surface area contributed by atoms with Crippen LogP contribution in [0.25, 0.3) is 11.1 Å². The van der Waals surface area contributed by atoms with Crippen LogP contribution in [0, 0.1) is 12.7 Å². The molecule has 2 aromatic carbocycles. The molecule has 0 bridgehead atoms. The fraction of sp³-hybridized carbons (Fsp3) is 0.480. The maximum atomic E-state index is 15.8. The number of aliphatic hydroxyl groups is 1. The number of carbonyl (C=O) groups excluding carboxylic acids is 1. The summed E-state index contributed by atoms with van der Waals surface area (Å²) in [4.78, 5) is 14.0. The number of alkyl halides is 2. The number of hydrogen-bond donors (Lipinski definition) is 2. The van der Waals surface area contributed by atoms with Gasteiger partial charge in [-0.3, -0.25) is 4.79 Å². The first kappa shape index (κ1) is 28.0. The molecule has 37 heavy (non-hydrogen) atoms. The van der Waals surface area contributed by atoms with E-state index in [2.05, 4.69) is 15.9 Å². The number of hydrogen-bond acceptors (Lipinski definition) is 4. The Balaban J connectivity index is 1.75. The first-order valence-electron chi connectivity index (χ1n) is 11.8. The molecular weight excluding hydrogens is 575 g/mol. The van der Waals surface area contributed by atoms with Gasteiger partial charge < -0.3 is 10.0 Å². The zero-order valence-corrected chi connectivity index (χ0v) is 23.0. The largest absolute Gasteiger partial charge is 0.380 e. The maximum absolute atomic E-state index is 15.8. The Morgan fingerprint density at radius 1 is 1.24 bits per heavy atom. The first-order chi connectivity index (χ1) is 17.2. The van der Waals surface area contributed by atoms with Crippen molar-refractivity contribution in [2.24, 2.45) is 0 Å². The monoisotopic (exact) mass is 603 g/mol. The van der Waals surface area contributed by atoms with Crippen molar-refractivity contribution in [3.8, 4) is 11.1 Å². The lowest BCUT2D eigenvalue weighted by molar-refractivity contribution is -0.162. The number of nitrogens with zero attached hydrogens (tertiary/aromatic N) is 2. The summed E-state index contributed by atoms with van der Waals surface area (Å²) < 4.78 is 75.0. The lowest BCUT2D eigenvalue weighted by Gasteiger charge is -2.40. The molecule has 202 valence electrons. The Kier molecular flexibility index (Phi) is 7.54. The minimum Gasteiger partial charge on any atom is -0.380 e. The van der Waals surface area contributed by atoms with E-state index >= 15 is 13.2 Å². The van der Waals surface area contributed by atoms with Crippen LogP contribution in [0.4, 0.5) is 13.2 Å². The topological polar surface area (TPSA) is 90.0 Å². The third kappa shape index (κ3) is 5.31. The van der Waals surface area contributed by atoms with E-state index in [0.29, 0.717) is 12.0 Å². The lowest BCUT2D eigenvalue weighted by Crippen LogP contribution is -2.58. The van der Waals surface area contributed by atoms with Crippen LogP contribution < -0.4 is 4.72 Å². The summed E-state index contributed by atoms with van der Waals surface area (Å²) >= 11 is 3.41. The summed E-state index contributed by atoms with van der Waals surface area (Å²) in [6, 6.07) is 6.41. The Bertz CT molecular complexity index is 1320. The molecule has 1 aliphatic carbocycles. The highest BCUT2D eigenvalue weighted by atomic mass is 79.9. The van der Waals surface area contributed by atoms with Gasteiger partial charge in [-0.25, -0.2) is 13.2 Å². The summed E-state index contributed by atoms with van der Waals surface area (Å²) in [7, 11) is -1.94. The van der Waals surface area contributed by atoms with Gasteiger partial charge in [0.05, 0.1) is 12.6 Å². The normalized spacial score (nSPS) is 22.8. The predicted octanol–water partition coefficient (Wildman–Crippen LogP) is 3.63. The van der Waals surface area contributed by atoms with E-state index in [1.165, 1.54) is 20.2 Å². The zero-order chi connectivity index (χ0) is 27.3. The fourth-order valence-electron chi connectivity index (χ4n) is 4.78. The first-order valence-corrected chi connectivity index (χ1v) is 14.0. The third-order valence-corrected chi connectivity index (χ3v) is 9.60. The van der Waals surface area contributed by atoms with E-state index in [-0.39, 0.29) is 30.4 Å². The number of aryl methyl sites for hydroxylation is 1. The van der Waals surface area contributed by atoms with E-state index < -0.39 is 52.1 Å². The molecule has 12 heteroatoms. The van der Waals surface area contributed by atoms with E-state index in [9.17, 15) is 18.3 Å². The van der Waals surface area contributed by atoms with Crippen LogP contribution in [0.1, 0.15) is 30.4 Å². The molecule has 1 aliphatic heterocycles. The molecule has 7 nitrogen and oxygen atoms in total. The van der Waals surface area contributed by atoms with Gasteiger partial charge in [0.2, 0.25) is 0 Å². The average molecular weight is 604 g/mol. The van der Waals surface area contributed by atoms with Crippen LogP contribution in [0.2, 0.25) is 0 Å². The summed E-state index contributed by atoms with van der Waals surface area (Å²) in [6.07, 6.45) is 0.438. The van der Waals surface area contributed by atoms with E-state index in [4.69, 9.17) is 0 Å². The molecule has 2 aliphatic rings. The highest BCUT2D eigenvalue weighted by Gasteiger charge is 2.60. The fourth-order valence-corrected chi connectivity index (χ4v) is 5.88. The van der Waals surface area contributed by atoms with E-state index in [0.717, 1.165) is 19.2 Å². The number of carbonyl (C=O) groups is 1. The van der Waals surface area contributed by atoms with Gasteiger partial charge in [0, 0.05) is 24.1 Å². The molecule has 1 amide bonds. The standard InChI is InChI=1S/C25H29BrF3N3O4S/c1-15-12-16(8-9-19(15)26)18-7-4-6-17(21(18)27)13-20-22(30-37(35,36)31(2)3)25(28,29)14-32(20)23(33)24(34)10-5-11-24/h4,6-9,12,20,22,30,34H,5,10-11,13-14H2,1-3H3/t20-,22+/m0/s1. The molecular formula is C25H29BrF3N3O4S. The molecule has 4 rings (SSSR count). The zero-order valence-electron chi connectivity index (χ0n) is 20.6. The van der Waals surface area contributed by atoms with Crippen molar-refractivity contribution >= 4 is 32.0 Å². The number of likely N-dealkylation sites (tertiary alicyclic amines) is 1. The molecule has 1 heterocycles. The van der Waals surface area contributed by atoms with Crippen LogP contribution in [0.5, 0.6) is 0 Å². The number of amides is 1. The van der Waals surface area contributed by atoms with Crippen LogP contribution in [0.15, 0.2) is 40.9 Å². The molecule has 2 atom stereocenters. The van der Waals surface area contributed by atoms with Crippen LogP contribution in [-0.2, 0) is 21.4 Å². The average Bonchev–Trinajstić information content (AvgIpc) is 3.04. The molecule has 0 aromatic heterocycles. The second-order valence-electron chi connectivity index (χ2n) is 9.98. The van der Waals surface area contributed by atoms with Crippen molar-refractivity contribution < 1.29 is 31.5 Å². The van der Waals surface area contributed by atoms with Gasteiger partial charge in [-0.05, 0) is 55.4 Å². The van der Waals surface area contributed by atoms with Crippen molar-refractivity contribution in [3.05, 3.63) is 57.8 Å². The number of benzene rings is 2. The van der Waals surface area contributed by atoms with Crippen LogP contribution in [0.3, 0.4) is 0 Å². The number of nitrogens with one attached hydrogen (secondary N) is 1. The van der Waals surface area contributed by atoms with E-state index in [1.54, 1.807) is 30.3 Å². The third-order valence-electron chi connectivity index (χ3n) is 7.19. The van der Waals surface area contributed by atoms with Gasteiger partial charge in [-0.2, -0.15) is 17.4 Å². The van der Waals surface area contributed by atoms with Crippen molar-refractivity contribution in [3.63, 3.8) is 0 Å². The quantitative estimate of drug-likeness (QED) is 0.506. The Morgan fingerprint density at radius 2 is 1.92 bits per heavy atom.